The van der Waals surface area contributed by atoms with E-state index in [-0.39, 0.29) is 25.2 Å². The van der Waals surface area contributed by atoms with Crippen molar-refractivity contribution < 1.29 is 18.3 Å². The minimum Gasteiger partial charge on any atom is -0.367 e. The Kier molecular flexibility index (Phi) is 6.14. The molecule has 1 saturated heterocycles. The van der Waals surface area contributed by atoms with Crippen LogP contribution in [0.25, 0.3) is 5.95 Å². The van der Waals surface area contributed by atoms with E-state index < -0.39 is 5.92 Å². The molecule has 0 radical (unpaired) electrons. The molecule has 2 aromatic heterocycles. The van der Waals surface area contributed by atoms with Crippen LogP contribution in [0, 0.1) is 6.92 Å². The molecule has 1 saturated carbocycles. The van der Waals surface area contributed by atoms with E-state index in [2.05, 4.69) is 20.3 Å². The lowest BCUT2D eigenvalue weighted by Crippen LogP contribution is -2.44. The van der Waals surface area contributed by atoms with Crippen LogP contribution in [-0.2, 0) is 9.47 Å². The van der Waals surface area contributed by atoms with E-state index in [0.717, 1.165) is 11.5 Å². The quantitative estimate of drug-likeness (QED) is 0.766. The summed E-state index contributed by atoms with van der Waals surface area (Å²) in [5.41, 5.74) is 0.857. The summed E-state index contributed by atoms with van der Waals surface area (Å²) in [4.78, 5) is 11.4. The maximum Gasteiger partial charge on any atom is 0.254 e. The van der Waals surface area contributed by atoms with E-state index >= 15 is 0 Å². The SMILES string of the molecule is CCOC1CN(c2cc(NC3CCC(F)(F)CC3)nc(-n3ccc(C)n3)n2)CCO1. The molecule has 8 nitrogen and oxygen atoms in total. The monoisotopic (exact) mass is 422 g/mol. The number of aryl methyl sites for hydroxylation is 1. The van der Waals surface area contributed by atoms with Gasteiger partial charge in [-0.2, -0.15) is 15.1 Å². The standard InChI is InChI=1S/C20H28F2N6O2/c1-3-29-18-13-27(10-11-30-18)17-12-16(23-15-4-7-20(21,22)8-5-15)24-19(25-17)28-9-6-14(2)26-28/h6,9,12,15,18H,3-5,7-8,10-11,13H2,1-2H3,(H,23,24,25). The average Bonchev–Trinajstić information content (AvgIpc) is 3.16. The maximum absolute atomic E-state index is 13.5. The predicted molar refractivity (Wildman–Crippen MR) is 108 cm³/mol. The van der Waals surface area contributed by atoms with Gasteiger partial charge in [0.05, 0.1) is 18.8 Å². The summed E-state index contributed by atoms with van der Waals surface area (Å²) >= 11 is 0. The summed E-state index contributed by atoms with van der Waals surface area (Å²) in [5.74, 6) is -0.791. The van der Waals surface area contributed by atoms with Crippen molar-refractivity contribution in [2.24, 2.45) is 0 Å². The Bertz CT molecular complexity index is 850. The van der Waals surface area contributed by atoms with Gasteiger partial charge in [-0.25, -0.2) is 13.5 Å². The lowest BCUT2D eigenvalue weighted by molar-refractivity contribution is -0.143. The van der Waals surface area contributed by atoms with Gasteiger partial charge < -0.3 is 19.7 Å². The van der Waals surface area contributed by atoms with Gasteiger partial charge in [-0.3, -0.25) is 0 Å². The van der Waals surface area contributed by atoms with Crippen LogP contribution >= 0.6 is 0 Å². The first-order chi connectivity index (χ1) is 14.4. The second-order valence-electron chi connectivity index (χ2n) is 7.79. The van der Waals surface area contributed by atoms with Gasteiger partial charge in [0.25, 0.3) is 5.95 Å². The Labute approximate surface area is 174 Å². The molecule has 2 aromatic rings. The van der Waals surface area contributed by atoms with Crippen LogP contribution in [0.4, 0.5) is 20.4 Å². The van der Waals surface area contributed by atoms with Crippen molar-refractivity contribution in [3.63, 3.8) is 0 Å². The molecule has 0 bridgehead atoms. The lowest BCUT2D eigenvalue weighted by atomic mass is 9.92. The van der Waals surface area contributed by atoms with E-state index in [4.69, 9.17) is 14.5 Å². The number of hydrogen-bond donors (Lipinski definition) is 1. The van der Waals surface area contributed by atoms with Crippen LogP contribution in [0.1, 0.15) is 38.3 Å². The number of nitrogens with zero attached hydrogens (tertiary/aromatic N) is 5. The highest BCUT2D eigenvalue weighted by Crippen LogP contribution is 2.34. The number of rotatable bonds is 6. The number of halogens is 2. The molecule has 0 spiro atoms. The van der Waals surface area contributed by atoms with Crippen LogP contribution in [-0.4, -0.2) is 64.3 Å². The molecule has 30 heavy (non-hydrogen) atoms. The molecule has 0 amide bonds. The predicted octanol–water partition coefficient (Wildman–Crippen LogP) is 3.16. The Morgan fingerprint density at radius 3 is 2.80 bits per heavy atom. The summed E-state index contributed by atoms with van der Waals surface area (Å²) in [6, 6.07) is 3.70. The Hall–Kier alpha value is -2.33. The fraction of sp³-hybridized carbons (Fsp3) is 0.650. The number of alkyl halides is 2. The normalized spacial score (nSPS) is 22.3. The zero-order chi connectivity index (χ0) is 21.1. The van der Waals surface area contributed by atoms with E-state index in [0.29, 0.717) is 50.9 Å². The Morgan fingerprint density at radius 2 is 2.10 bits per heavy atom. The largest absolute Gasteiger partial charge is 0.367 e. The first kappa shape index (κ1) is 20.9. The van der Waals surface area contributed by atoms with Crippen molar-refractivity contribution >= 4 is 11.6 Å². The van der Waals surface area contributed by atoms with E-state index in [9.17, 15) is 8.78 Å². The van der Waals surface area contributed by atoms with Crippen LogP contribution in [0.2, 0.25) is 0 Å². The minimum absolute atomic E-state index is 0.0413. The van der Waals surface area contributed by atoms with Crippen LogP contribution in [0.15, 0.2) is 18.3 Å². The molecule has 4 rings (SSSR count). The molecule has 2 aliphatic rings. The first-order valence-electron chi connectivity index (χ1n) is 10.5. The smallest absolute Gasteiger partial charge is 0.254 e. The number of hydrogen-bond acceptors (Lipinski definition) is 7. The van der Waals surface area contributed by atoms with Gasteiger partial charge in [0.2, 0.25) is 5.92 Å². The Morgan fingerprint density at radius 1 is 1.30 bits per heavy atom. The topological polar surface area (TPSA) is 77.3 Å². The lowest BCUT2D eigenvalue weighted by Gasteiger charge is -2.34. The number of anilines is 2. The zero-order valence-electron chi connectivity index (χ0n) is 17.4. The summed E-state index contributed by atoms with van der Waals surface area (Å²) in [6.45, 7) is 6.16. The van der Waals surface area contributed by atoms with Gasteiger partial charge in [0.1, 0.15) is 11.6 Å². The molecule has 164 valence electrons. The maximum atomic E-state index is 13.5. The van der Waals surface area contributed by atoms with Crippen molar-refractivity contribution in [3.05, 3.63) is 24.0 Å². The minimum atomic E-state index is -2.56. The highest BCUT2D eigenvalue weighted by atomic mass is 19.3. The van der Waals surface area contributed by atoms with Crippen molar-refractivity contribution in [2.75, 3.05) is 36.5 Å². The van der Waals surface area contributed by atoms with Gasteiger partial charge in [-0.05, 0) is 32.8 Å². The first-order valence-corrected chi connectivity index (χ1v) is 10.5. The van der Waals surface area contributed by atoms with E-state index in [1.54, 1.807) is 4.68 Å². The third-order valence-electron chi connectivity index (χ3n) is 5.41. The van der Waals surface area contributed by atoms with Gasteiger partial charge in [0.15, 0.2) is 6.29 Å². The molecule has 1 unspecified atom stereocenters. The number of ether oxygens (including phenoxy) is 2. The molecule has 1 aliphatic carbocycles. The summed E-state index contributed by atoms with van der Waals surface area (Å²) in [7, 11) is 0. The third-order valence-corrected chi connectivity index (χ3v) is 5.41. The Balaban J connectivity index is 1.58. The molecular formula is C20H28F2N6O2. The molecule has 1 aliphatic heterocycles. The molecule has 3 heterocycles. The highest BCUT2D eigenvalue weighted by molar-refractivity contribution is 5.52. The van der Waals surface area contributed by atoms with Gasteiger partial charge in [-0.15, -0.1) is 0 Å². The summed E-state index contributed by atoms with van der Waals surface area (Å²) < 4.78 is 39.9. The number of morpholine rings is 1. The van der Waals surface area contributed by atoms with E-state index in [1.165, 1.54) is 0 Å². The fourth-order valence-corrected chi connectivity index (χ4v) is 3.79. The number of aromatic nitrogens is 4. The summed E-state index contributed by atoms with van der Waals surface area (Å²) in [6.07, 6.45) is 2.10. The molecule has 10 heteroatoms. The van der Waals surface area contributed by atoms with Crippen molar-refractivity contribution in [3.8, 4) is 5.95 Å². The highest BCUT2D eigenvalue weighted by Gasteiger charge is 2.35. The van der Waals surface area contributed by atoms with Crippen molar-refractivity contribution in [2.45, 2.75) is 57.8 Å². The second kappa shape index (κ2) is 8.81. The van der Waals surface area contributed by atoms with Crippen LogP contribution < -0.4 is 10.2 Å². The van der Waals surface area contributed by atoms with Crippen molar-refractivity contribution in [1.82, 2.24) is 19.7 Å². The van der Waals surface area contributed by atoms with Gasteiger partial charge >= 0.3 is 0 Å². The van der Waals surface area contributed by atoms with Crippen LogP contribution in [0.5, 0.6) is 0 Å². The molecule has 1 atom stereocenters. The summed E-state index contributed by atoms with van der Waals surface area (Å²) in [5, 5.41) is 7.75. The third kappa shape index (κ3) is 5.04. The van der Waals surface area contributed by atoms with Crippen molar-refractivity contribution in [1.29, 1.82) is 0 Å². The molecule has 1 N–H and O–H groups in total. The number of nitrogens with one attached hydrogen (secondary N) is 1. The van der Waals surface area contributed by atoms with E-state index in [1.807, 2.05) is 32.2 Å². The zero-order valence-corrected chi connectivity index (χ0v) is 17.4. The molecule has 0 aromatic carbocycles. The fourth-order valence-electron chi connectivity index (χ4n) is 3.79. The van der Waals surface area contributed by atoms with Gasteiger partial charge in [0, 0.05) is 44.3 Å². The molecule has 2 fully saturated rings. The second-order valence-corrected chi connectivity index (χ2v) is 7.79. The van der Waals surface area contributed by atoms with Crippen LogP contribution in [0.3, 0.4) is 0 Å². The molecular weight excluding hydrogens is 394 g/mol. The average molecular weight is 422 g/mol. The van der Waals surface area contributed by atoms with Gasteiger partial charge in [-0.1, -0.05) is 0 Å².